The molecule has 0 atom stereocenters. The van der Waals surface area contributed by atoms with Crippen molar-refractivity contribution in [3.63, 3.8) is 0 Å². The Morgan fingerprint density at radius 2 is 1.90 bits per heavy atom. The van der Waals surface area contributed by atoms with Gasteiger partial charge in [-0.15, -0.1) is 0 Å². The fraction of sp³-hybridized carbons (Fsp3) is 0.417. The molecule has 0 aliphatic carbocycles. The molecule has 0 spiro atoms. The van der Waals surface area contributed by atoms with Gasteiger partial charge in [0.05, 0.1) is 17.3 Å². The summed E-state index contributed by atoms with van der Waals surface area (Å²) in [6.07, 6.45) is -3.48. The van der Waals surface area contributed by atoms with Crippen LogP contribution in [0.15, 0.2) is 18.5 Å². The maximum Gasteiger partial charge on any atom is 0.435 e. The summed E-state index contributed by atoms with van der Waals surface area (Å²) in [7, 11) is 0. The lowest BCUT2D eigenvalue weighted by Gasteiger charge is -2.19. The molecule has 0 aromatic carbocycles. The van der Waals surface area contributed by atoms with E-state index in [0.29, 0.717) is 6.20 Å². The molecule has 0 saturated carbocycles. The molecule has 0 aliphatic rings. The van der Waals surface area contributed by atoms with Crippen LogP contribution in [0.1, 0.15) is 26.3 Å². The van der Waals surface area contributed by atoms with Gasteiger partial charge >= 0.3 is 12.3 Å². The molecule has 0 fully saturated rings. The number of fused-ring (bicyclic) bond motifs is 1. The average molecular weight is 287 g/mol. The zero-order valence-electron chi connectivity index (χ0n) is 11.0. The van der Waals surface area contributed by atoms with Gasteiger partial charge in [-0.3, -0.25) is 4.98 Å². The molecular weight excluding hydrogens is 275 g/mol. The quantitative estimate of drug-likeness (QED) is 0.746. The Hall–Kier alpha value is -2.12. The molecule has 20 heavy (non-hydrogen) atoms. The van der Waals surface area contributed by atoms with Crippen molar-refractivity contribution in [1.29, 1.82) is 0 Å². The Morgan fingerprint density at radius 1 is 1.25 bits per heavy atom. The summed E-state index contributed by atoms with van der Waals surface area (Å²) in [6.45, 7) is 4.95. The van der Waals surface area contributed by atoms with Gasteiger partial charge in [-0.25, -0.2) is 4.79 Å². The van der Waals surface area contributed by atoms with Crippen LogP contribution in [0.2, 0.25) is 0 Å². The Labute approximate surface area is 112 Å². The fourth-order valence-corrected chi connectivity index (χ4v) is 1.51. The Kier molecular flexibility index (Phi) is 3.19. The second-order valence-corrected chi connectivity index (χ2v) is 5.16. The number of nitrogens with zero attached hydrogens (tertiary/aromatic N) is 3. The van der Waals surface area contributed by atoms with Crippen LogP contribution in [-0.4, -0.2) is 26.5 Å². The minimum absolute atomic E-state index is 0.0472. The van der Waals surface area contributed by atoms with Gasteiger partial charge in [0.2, 0.25) is 0 Å². The highest BCUT2D eigenvalue weighted by atomic mass is 19.4. The first-order valence-electron chi connectivity index (χ1n) is 5.72. The predicted octanol–water partition coefficient (Wildman–Crippen LogP) is 3.23. The third kappa shape index (κ3) is 2.89. The number of alkyl halides is 3. The first-order chi connectivity index (χ1) is 9.08. The van der Waals surface area contributed by atoms with Crippen molar-refractivity contribution in [3.8, 4) is 0 Å². The van der Waals surface area contributed by atoms with Crippen molar-refractivity contribution < 1.29 is 22.7 Å². The molecule has 5 nitrogen and oxygen atoms in total. The van der Waals surface area contributed by atoms with Crippen LogP contribution in [0.25, 0.3) is 11.0 Å². The number of carbonyl (C=O) groups excluding carboxylic acids is 1. The molecule has 0 amide bonds. The smallest absolute Gasteiger partial charge is 0.435 e. The van der Waals surface area contributed by atoms with Crippen LogP contribution in [0.4, 0.5) is 18.0 Å². The first kappa shape index (κ1) is 14.3. The Morgan fingerprint density at radius 3 is 2.45 bits per heavy atom. The van der Waals surface area contributed by atoms with E-state index in [1.807, 2.05) is 0 Å². The minimum atomic E-state index is -4.54. The molecule has 0 radical (unpaired) electrons. The van der Waals surface area contributed by atoms with Gasteiger partial charge in [-0.1, -0.05) is 0 Å². The predicted molar refractivity (Wildman–Crippen MR) is 64.2 cm³/mol. The van der Waals surface area contributed by atoms with Gasteiger partial charge < -0.3 is 4.74 Å². The van der Waals surface area contributed by atoms with Crippen molar-refractivity contribution in [2.75, 3.05) is 0 Å². The number of hydrogen-bond acceptors (Lipinski definition) is 4. The van der Waals surface area contributed by atoms with Crippen LogP contribution in [0.5, 0.6) is 0 Å². The maximum atomic E-state index is 12.6. The number of pyridine rings is 1. The SMILES string of the molecule is CC(C)(C)OC(=O)n1ncc2ncc(C(F)(F)F)cc21. The van der Waals surface area contributed by atoms with Crippen molar-refractivity contribution in [2.24, 2.45) is 0 Å². The number of aromatic nitrogens is 3. The molecule has 0 bridgehead atoms. The van der Waals surface area contributed by atoms with E-state index in [1.54, 1.807) is 20.8 Å². The number of hydrogen-bond donors (Lipinski definition) is 0. The van der Waals surface area contributed by atoms with Crippen molar-refractivity contribution in [1.82, 2.24) is 14.8 Å². The molecule has 0 saturated heterocycles. The van der Waals surface area contributed by atoms with E-state index in [1.165, 1.54) is 6.20 Å². The first-order valence-corrected chi connectivity index (χ1v) is 5.72. The second kappa shape index (κ2) is 4.46. The summed E-state index contributed by atoms with van der Waals surface area (Å²) in [6, 6.07) is 0.819. The van der Waals surface area contributed by atoms with Crippen LogP contribution in [0.3, 0.4) is 0 Å². The molecule has 2 aromatic rings. The molecule has 0 N–H and O–H groups in total. The zero-order chi connectivity index (χ0) is 15.1. The Bertz CT molecular complexity index is 656. The van der Waals surface area contributed by atoms with Crippen molar-refractivity contribution in [3.05, 3.63) is 24.0 Å². The second-order valence-electron chi connectivity index (χ2n) is 5.16. The molecule has 8 heteroatoms. The molecule has 0 unspecified atom stereocenters. The van der Waals surface area contributed by atoms with Crippen molar-refractivity contribution >= 4 is 17.1 Å². The van der Waals surface area contributed by atoms with Gasteiger partial charge in [0.25, 0.3) is 0 Å². The average Bonchev–Trinajstić information content (AvgIpc) is 2.67. The fourth-order valence-electron chi connectivity index (χ4n) is 1.51. The van der Waals surface area contributed by atoms with Crippen LogP contribution < -0.4 is 0 Å². The van der Waals surface area contributed by atoms with E-state index in [9.17, 15) is 18.0 Å². The molecule has 2 rings (SSSR count). The summed E-state index contributed by atoms with van der Waals surface area (Å²) >= 11 is 0. The summed E-state index contributed by atoms with van der Waals surface area (Å²) in [5, 5.41) is 3.71. The number of ether oxygens (including phenoxy) is 1. The summed E-state index contributed by atoms with van der Waals surface area (Å²) < 4.78 is 43.8. The largest absolute Gasteiger partial charge is 0.442 e. The van der Waals surface area contributed by atoms with E-state index < -0.39 is 23.4 Å². The lowest BCUT2D eigenvalue weighted by molar-refractivity contribution is -0.137. The van der Waals surface area contributed by atoms with Crippen LogP contribution in [-0.2, 0) is 10.9 Å². The molecule has 0 aliphatic heterocycles. The topological polar surface area (TPSA) is 57.0 Å². The molecule has 2 heterocycles. The van der Waals surface area contributed by atoms with Crippen LogP contribution in [0, 0.1) is 0 Å². The maximum absolute atomic E-state index is 12.6. The monoisotopic (exact) mass is 287 g/mol. The van der Waals surface area contributed by atoms with E-state index in [-0.39, 0.29) is 11.0 Å². The van der Waals surface area contributed by atoms with E-state index in [4.69, 9.17) is 4.74 Å². The summed E-state index contributed by atoms with van der Waals surface area (Å²) in [5.74, 6) is 0. The lowest BCUT2D eigenvalue weighted by atomic mass is 10.2. The van der Waals surface area contributed by atoms with Gasteiger partial charge in [0.15, 0.2) is 0 Å². The summed E-state index contributed by atoms with van der Waals surface area (Å²) in [5.41, 5.74) is -1.59. The van der Waals surface area contributed by atoms with E-state index >= 15 is 0 Å². The number of rotatable bonds is 0. The lowest BCUT2D eigenvalue weighted by Crippen LogP contribution is -2.27. The highest BCUT2D eigenvalue weighted by Crippen LogP contribution is 2.30. The van der Waals surface area contributed by atoms with Gasteiger partial charge in [0.1, 0.15) is 11.1 Å². The third-order valence-electron chi connectivity index (χ3n) is 2.31. The normalized spacial score (nSPS) is 12.7. The molecule has 2 aromatic heterocycles. The zero-order valence-corrected chi connectivity index (χ0v) is 11.0. The van der Waals surface area contributed by atoms with Gasteiger partial charge in [-0.05, 0) is 26.8 Å². The Balaban J connectivity index is 2.47. The van der Waals surface area contributed by atoms with E-state index in [0.717, 1.165) is 10.7 Å². The summed E-state index contributed by atoms with van der Waals surface area (Å²) in [4.78, 5) is 15.5. The third-order valence-corrected chi connectivity index (χ3v) is 2.31. The minimum Gasteiger partial charge on any atom is -0.442 e. The van der Waals surface area contributed by atoms with E-state index in [2.05, 4.69) is 10.1 Å². The van der Waals surface area contributed by atoms with Crippen LogP contribution >= 0.6 is 0 Å². The number of halogens is 3. The highest BCUT2D eigenvalue weighted by molar-refractivity contribution is 5.85. The standard InChI is InChI=1S/C12H12F3N3O2/c1-11(2,3)20-10(19)18-9-4-7(12(13,14)15)5-16-8(9)6-17-18/h4-6H,1-3H3. The highest BCUT2D eigenvalue weighted by Gasteiger charge is 2.32. The van der Waals surface area contributed by atoms with Gasteiger partial charge in [-0.2, -0.15) is 23.0 Å². The van der Waals surface area contributed by atoms with Crippen molar-refractivity contribution in [2.45, 2.75) is 32.5 Å². The number of carbonyl (C=O) groups is 1. The molecular formula is C12H12F3N3O2. The van der Waals surface area contributed by atoms with Gasteiger partial charge in [0, 0.05) is 6.20 Å². The molecule has 108 valence electrons.